The van der Waals surface area contributed by atoms with Crippen LogP contribution >= 0.6 is 11.8 Å². The summed E-state index contributed by atoms with van der Waals surface area (Å²) in [7, 11) is 1.61. The molecule has 0 heterocycles. The monoisotopic (exact) mass is 292 g/mol. The fourth-order valence-electron chi connectivity index (χ4n) is 0.706. The summed E-state index contributed by atoms with van der Waals surface area (Å²) >= 11 is 1.04. The van der Waals surface area contributed by atoms with Gasteiger partial charge in [-0.15, -0.1) is 11.8 Å². The van der Waals surface area contributed by atoms with E-state index in [2.05, 4.69) is 19.2 Å². The zero-order valence-corrected chi connectivity index (χ0v) is 12.7. The van der Waals surface area contributed by atoms with E-state index in [9.17, 15) is 14.4 Å². The maximum absolute atomic E-state index is 11.1. The predicted molar refractivity (Wildman–Crippen MR) is 77.2 cm³/mol. The Morgan fingerprint density at radius 2 is 1.84 bits per heavy atom. The molecule has 0 aliphatic rings. The minimum Gasteiger partial charge on any atom is -0.481 e. The first-order valence-electron chi connectivity index (χ1n) is 6.19. The molecule has 0 rings (SSSR count). The minimum absolute atomic E-state index is 0.0817. The van der Waals surface area contributed by atoms with Crippen LogP contribution in [0.4, 0.5) is 0 Å². The number of carbonyl (C=O) groups excluding carboxylic acids is 2. The van der Waals surface area contributed by atoms with E-state index in [1.807, 2.05) is 0 Å². The van der Waals surface area contributed by atoms with E-state index >= 15 is 0 Å². The summed E-state index contributed by atoms with van der Waals surface area (Å²) in [6.07, 6.45) is 3.31. The van der Waals surface area contributed by atoms with Gasteiger partial charge in [-0.2, -0.15) is 0 Å². The SMILES string of the molecule is CCCC.CN(C=O)CCNC(=O)CSCC(=O)O. The summed E-state index contributed by atoms with van der Waals surface area (Å²) in [6, 6.07) is 0. The van der Waals surface area contributed by atoms with Gasteiger partial charge in [-0.3, -0.25) is 14.4 Å². The van der Waals surface area contributed by atoms with Gasteiger partial charge in [0.2, 0.25) is 12.3 Å². The summed E-state index contributed by atoms with van der Waals surface area (Å²) in [4.78, 5) is 32.8. The van der Waals surface area contributed by atoms with Crippen LogP contribution in [0.25, 0.3) is 0 Å². The van der Waals surface area contributed by atoms with E-state index in [4.69, 9.17) is 5.11 Å². The highest BCUT2D eigenvalue weighted by Gasteiger charge is 2.03. The topological polar surface area (TPSA) is 86.7 Å². The number of carboxylic acid groups (broad SMARTS) is 1. The van der Waals surface area contributed by atoms with Gasteiger partial charge in [0, 0.05) is 20.1 Å². The molecule has 0 spiro atoms. The van der Waals surface area contributed by atoms with Crippen molar-refractivity contribution in [3.05, 3.63) is 0 Å². The van der Waals surface area contributed by atoms with Gasteiger partial charge in [0.25, 0.3) is 0 Å². The molecule has 6 nitrogen and oxygen atoms in total. The molecule has 0 unspecified atom stereocenters. The summed E-state index contributed by atoms with van der Waals surface area (Å²) in [5.74, 6) is -1.12. The number of amides is 2. The largest absolute Gasteiger partial charge is 0.481 e. The van der Waals surface area contributed by atoms with Crippen LogP contribution in [0.5, 0.6) is 0 Å². The lowest BCUT2D eigenvalue weighted by Gasteiger charge is -2.10. The number of nitrogens with zero attached hydrogens (tertiary/aromatic N) is 1. The second-order valence-electron chi connectivity index (χ2n) is 3.82. The Morgan fingerprint density at radius 1 is 1.26 bits per heavy atom. The first-order valence-corrected chi connectivity index (χ1v) is 7.35. The molecular formula is C12H24N2O4S. The normalized spacial score (nSPS) is 9.00. The molecule has 112 valence electrons. The number of thioether (sulfide) groups is 1. The molecule has 0 aliphatic carbocycles. The highest BCUT2D eigenvalue weighted by atomic mass is 32.2. The number of nitrogens with one attached hydrogen (secondary N) is 1. The van der Waals surface area contributed by atoms with Gasteiger partial charge >= 0.3 is 5.97 Å². The standard InChI is InChI=1S/C8H14N2O4S.C4H10/c1-10(6-11)3-2-9-7(12)4-15-5-8(13)14;1-3-4-2/h6H,2-5H2,1H3,(H,9,12)(H,13,14);3-4H2,1-2H3. The van der Waals surface area contributed by atoms with E-state index < -0.39 is 5.97 Å². The van der Waals surface area contributed by atoms with Crippen molar-refractivity contribution in [2.45, 2.75) is 26.7 Å². The Morgan fingerprint density at radius 3 is 2.26 bits per heavy atom. The minimum atomic E-state index is -0.937. The molecular weight excluding hydrogens is 268 g/mol. The number of carboxylic acids is 1. The van der Waals surface area contributed by atoms with Gasteiger partial charge in [-0.1, -0.05) is 26.7 Å². The molecule has 0 bridgehead atoms. The zero-order valence-electron chi connectivity index (χ0n) is 11.8. The number of unbranched alkanes of at least 4 members (excludes halogenated alkanes) is 1. The predicted octanol–water partition coefficient (Wildman–Crippen LogP) is 0.815. The third kappa shape index (κ3) is 19.3. The van der Waals surface area contributed by atoms with Crippen molar-refractivity contribution >= 4 is 30.0 Å². The number of aliphatic carboxylic acids is 1. The van der Waals surface area contributed by atoms with Crippen LogP contribution in [0.3, 0.4) is 0 Å². The lowest BCUT2D eigenvalue weighted by Crippen LogP contribution is -2.33. The first-order chi connectivity index (χ1) is 8.97. The van der Waals surface area contributed by atoms with E-state index in [0.717, 1.165) is 11.8 Å². The van der Waals surface area contributed by atoms with Crippen LogP contribution in [-0.2, 0) is 14.4 Å². The molecule has 0 fully saturated rings. The van der Waals surface area contributed by atoms with Gasteiger partial charge < -0.3 is 15.3 Å². The molecule has 0 aromatic rings. The van der Waals surface area contributed by atoms with Crippen LogP contribution in [-0.4, -0.2) is 59.9 Å². The summed E-state index contributed by atoms with van der Waals surface area (Å²) in [5, 5.41) is 10.9. The molecule has 7 heteroatoms. The van der Waals surface area contributed by atoms with E-state index in [-0.39, 0.29) is 17.4 Å². The van der Waals surface area contributed by atoms with E-state index in [1.54, 1.807) is 7.05 Å². The lowest BCUT2D eigenvalue weighted by molar-refractivity contribution is -0.133. The highest BCUT2D eigenvalue weighted by molar-refractivity contribution is 8.00. The quantitative estimate of drug-likeness (QED) is 0.614. The second kappa shape index (κ2) is 14.8. The summed E-state index contributed by atoms with van der Waals surface area (Å²) in [6.45, 7) is 5.18. The molecule has 0 aromatic carbocycles. The first kappa shape index (κ1) is 20.1. The maximum atomic E-state index is 11.1. The van der Waals surface area contributed by atoms with Crippen LogP contribution in [0.2, 0.25) is 0 Å². The molecule has 0 aromatic heterocycles. The van der Waals surface area contributed by atoms with Gasteiger partial charge in [0.15, 0.2) is 0 Å². The number of carbonyl (C=O) groups is 3. The highest BCUT2D eigenvalue weighted by Crippen LogP contribution is 1.97. The molecule has 0 aliphatic heterocycles. The maximum Gasteiger partial charge on any atom is 0.313 e. The molecule has 0 saturated carbocycles. The smallest absolute Gasteiger partial charge is 0.313 e. The van der Waals surface area contributed by atoms with Crippen molar-refractivity contribution in [3.63, 3.8) is 0 Å². The van der Waals surface area contributed by atoms with E-state index in [0.29, 0.717) is 19.5 Å². The number of hydrogen-bond donors (Lipinski definition) is 2. The molecule has 19 heavy (non-hydrogen) atoms. The van der Waals surface area contributed by atoms with Crippen LogP contribution < -0.4 is 5.32 Å². The Bertz CT molecular complexity index is 260. The molecule has 2 amide bonds. The summed E-state index contributed by atoms with van der Waals surface area (Å²) in [5.41, 5.74) is 0. The fourth-order valence-corrected chi connectivity index (χ4v) is 1.27. The van der Waals surface area contributed by atoms with Crippen LogP contribution in [0.15, 0.2) is 0 Å². The van der Waals surface area contributed by atoms with Gasteiger partial charge in [-0.25, -0.2) is 0 Å². The molecule has 0 radical (unpaired) electrons. The number of rotatable bonds is 9. The summed E-state index contributed by atoms with van der Waals surface area (Å²) < 4.78 is 0. The zero-order chi connectivity index (χ0) is 15.1. The van der Waals surface area contributed by atoms with Gasteiger partial charge in [0.1, 0.15) is 0 Å². The average molecular weight is 292 g/mol. The van der Waals surface area contributed by atoms with E-state index in [1.165, 1.54) is 17.7 Å². The van der Waals surface area contributed by atoms with Crippen molar-refractivity contribution in [3.8, 4) is 0 Å². The van der Waals surface area contributed by atoms with Crippen molar-refractivity contribution in [1.82, 2.24) is 10.2 Å². The Labute approximate surface area is 118 Å². The third-order valence-corrected chi connectivity index (χ3v) is 2.84. The van der Waals surface area contributed by atoms with Crippen molar-refractivity contribution < 1.29 is 19.5 Å². The van der Waals surface area contributed by atoms with Crippen molar-refractivity contribution in [2.75, 3.05) is 31.6 Å². The van der Waals surface area contributed by atoms with Gasteiger partial charge in [0.05, 0.1) is 11.5 Å². The fraction of sp³-hybridized carbons (Fsp3) is 0.750. The van der Waals surface area contributed by atoms with Crippen molar-refractivity contribution in [2.24, 2.45) is 0 Å². The number of likely N-dealkylation sites (N-methyl/N-ethyl adjacent to an activating group) is 1. The van der Waals surface area contributed by atoms with Crippen LogP contribution in [0.1, 0.15) is 26.7 Å². The second-order valence-corrected chi connectivity index (χ2v) is 4.81. The molecule has 0 saturated heterocycles. The number of hydrogen-bond acceptors (Lipinski definition) is 4. The third-order valence-electron chi connectivity index (χ3n) is 1.93. The molecule has 0 atom stereocenters. The molecule has 2 N–H and O–H groups in total. The van der Waals surface area contributed by atoms with Crippen LogP contribution in [0, 0.1) is 0 Å². The Hall–Kier alpha value is -1.24. The Balaban J connectivity index is 0. The average Bonchev–Trinajstić information content (AvgIpc) is 2.38. The Kier molecular flexibility index (Phi) is 15.7. The lowest BCUT2D eigenvalue weighted by atomic mass is 10.4. The van der Waals surface area contributed by atoms with Gasteiger partial charge in [-0.05, 0) is 0 Å². The van der Waals surface area contributed by atoms with Crippen molar-refractivity contribution in [1.29, 1.82) is 0 Å².